The van der Waals surface area contributed by atoms with Gasteiger partial charge in [-0.2, -0.15) is 0 Å². The Kier molecular flexibility index (Phi) is 2.51. The minimum absolute atomic E-state index is 0.161. The lowest BCUT2D eigenvalue weighted by Crippen LogP contribution is -2.43. The molecule has 1 heterocycles. The molecular weight excluding hydrogens is 190 g/mol. The average molecular weight is 211 g/mol. The molecule has 1 N–H and O–H groups in total. The summed E-state index contributed by atoms with van der Waals surface area (Å²) in [6, 6.07) is 0.409. The molecule has 1 saturated carbocycles. The lowest BCUT2D eigenvalue weighted by molar-refractivity contribution is -0.131. The zero-order chi connectivity index (χ0) is 11.2. The molecule has 1 saturated heterocycles. The summed E-state index contributed by atoms with van der Waals surface area (Å²) >= 11 is 0. The molecule has 0 bridgehead atoms. The van der Waals surface area contributed by atoms with Crippen molar-refractivity contribution >= 4 is 5.91 Å². The van der Waals surface area contributed by atoms with Crippen LogP contribution in [-0.4, -0.2) is 54.1 Å². The van der Waals surface area contributed by atoms with Crippen molar-refractivity contribution in [3.8, 4) is 0 Å². The summed E-state index contributed by atoms with van der Waals surface area (Å²) in [4.78, 5) is 16.2. The molecule has 86 valence electrons. The Balaban J connectivity index is 2.00. The van der Waals surface area contributed by atoms with Crippen LogP contribution in [0.5, 0.6) is 0 Å². The summed E-state index contributed by atoms with van der Waals surface area (Å²) in [6.45, 7) is 5.05. The van der Waals surface area contributed by atoms with Gasteiger partial charge in [0.15, 0.2) is 0 Å². The normalized spacial score (nSPS) is 30.3. The number of nitrogens with one attached hydrogen (secondary N) is 1. The van der Waals surface area contributed by atoms with Crippen LogP contribution < -0.4 is 5.32 Å². The molecule has 2 unspecified atom stereocenters. The molecule has 1 spiro atoms. The highest BCUT2D eigenvalue weighted by molar-refractivity contribution is 5.91. The van der Waals surface area contributed by atoms with Gasteiger partial charge in [0.05, 0.1) is 11.7 Å². The highest BCUT2D eigenvalue weighted by atomic mass is 16.2. The summed E-state index contributed by atoms with van der Waals surface area (Å²) in [5.74, 6) is 0.309. The Bertz CT molecular complexity index is 273. The van der Waals surface area contributed by atoms with E-state index >= 15 is 0 Å². The Labute approximate surface area is 91.6 Å². The highest BCUT2D eigenvalue weighted by Gasteiger charge is 2.58. The number of amides is 1. The molecular formula is C11H21N3O. The summed E-state index contributed by atoms with van der Waals surface area (Å²) in [5.41, 5.74) is -0.161. The van der Waals surface area contributed by atoms with E-state index in [2.05, 4.69) is 38.2 Å². The first-order valence-electron chi connectivity index (χ1n) is 5.71. The maximum atomic E-state index is 12.1. The van der Waals surface area contributed by atoms with E-state index < -0.39 is 0 Å². The quantitative estimate of drug-likeness (QED) is 0.727. The number of likely N-dealkylation sites (N-methyl/N-ethyl adjacent to an activating group) is 1. The molecule has 2 atom stereocenters. The van der Waals surface area contributed by atoms with Crippen molar-refractivity contribution in [2.75, 3.05) is 20.6 Å². The van der Waals surface area contributed by atoms with E-state index in [1.54, 1.807) is 0 Å². The molecule has 0 radical (unpaired) electrons. The van der Waals surface area contributed by atoms with Crippen LogP contribution in [-0.2, 0) is 4.79 Å². The van der Waals surface area contributed by atoms with E-state index in [1.807, 2.05) is 4.90 Å². The molecule has 4 heteroatoms. The zero-order valence-corrected chi connectivity index (χ0v) is 10.1. The minimum Gasteiger partial charge on any atom is -0.324 e. The largest absolute Gasteiger partial charge is 0.324 e. The molecule has 2 aliphatic rings. The first kappa shape index (κ1) is 10.9. The molecule has 2 fully saturated rings. The van der Waals surface area contributed by atoms with Crippen molar-refractivity contribution < 1.29 is 4.79 Å². The molecule has 2 rings (SSSR count). The standard InChI is InChI=1S/C11H21N3O/c1-8(13(3)4)7-14-9(2)12-11(5-6-11)10(14)15/h8-9,12H,5-7H2,1-4H3. The second kappa shape index (κ2) is 3.46. The Hall–Kier alpha value is -0.610. The van der Waals surface area contributed by atoms with E-state index in [-0.39, 0.29) is 11.7 Å². The summed E-state index contributed by atoms with van der Waals surface area (Å²) in [5, 5.41) is 3.41. The third-order valence-electron chi connectivity index (χ3n) is 3.72. The van der Waals surface area contributed by atoms with Crippen LogP contribution in [0.15, 0.2) is 0 Å². The predicted molar refractivity (Wildman–Crippen MR) is 59.4 cm³/mol. The lowest BCUT2D eigenvalue weighted by Gasteiger charge is -2.28. The molecule has 4 nitrogen and oxygen atoms in total. The maximum Gasteiger partial charge on any atom is 0.244 e. The number of hydrogen-bond donors (Lipinski definition) is 1. The Morgan fingerprint density at radius 3 is 2.60 bits per heavy atom. The van der Waals surface area contributed by atoms with Crippen LogP contribution in [0.3, 0.4) is 0 Å². The van der Waals surface area contributed by atoms with Gasteiger partial charge in [0.25, 0.3) is 0 Å². The second-order valence-electron chi connectivity index (χ2n) is 5.17. The third-order valence-corrected chi connectivity index (χ3v) is 3.72. The highest BCUT2D eigenvalue weighted by Crippen LogP contribution is 2.41. The monoisotopic (exact) mass is 211 g/mol. The fraction of sp³-hybridized carbons (Fsp3) is 0.909. The number of rotatable bonds is 3. The van der Waals surface area contributed by atoms with E-state index in [9.17, 15) is 4.79 Å². The van der Waals surface area contributed by atoms with E-state index in [0.717, 1.165) is 19.4 Å². The zero-order valence-electron chi connectivity index (χ0n) is 10.1. The second-order valence-corrected chi connectivity index (χ2v) is 5.17. The van der Waals surface area contributed by atoms with Crippen LogP contribution in [0, 0.1) is 0 Å². The number of carbonyl (C=O) groups is 1. The van der Waals surface area contributed by atoms with Gasteiger partial charge >= 0.3 is 0 Å². The van der Waals surface area contributed by atoms with Crippen LogP contribution in [0.25, 0.3) is 0 Å². The molecule has 0 aromatic heterocycles. The predicted octanol–water partition coefficient (Wildman–Crippen LogP) is 0.247. The molecule has 1 amide bonds. The fourth-order valence-electron chi connectivity index (χ4n) is 2.16. The van der Waals surface area contributed by atoms with Crippen molar-refractivity contribution in [3.05, 3.63) is 0 Å². The number of nitrogens with zero attached hydrogens (tertiary/aromatic N) is 2. The van der Waals surface area contributed by atoms with Crippen molar-refractivity contribution in [3.63, 3.8) is 0 Å². The van der Waals surface area contributed by atoms with Gasteiger partial charge in [-0.1, -0.05) is 0 Å². The van der Waals surface area contributed by atoms with Crippen LogP contribution in [0.2, 0.25) is 0 Å². The smallest absolute Gasteiger partial charge is 0.244 e. The molecule has 1 aliphatic carbocycles. The number of hydrogen-bond acceptors (Lipinski definition) is 3. The summed E-state index contributed by atoms with van der Waals surface area (Å²) in [7, 11) is 4.10. The SMILES string of the molecule is CC(CN1C(=O)C2(CC2)NC1C)N(C)C. The van der Waals surface area contributed by atoms with Gasteiger partial charge in [-0.05, 0) is 40.8 Å². The van der Waals surface area contributed by atoms with Gasteiger partial charge in [0.2, 0.25) is 5.91 Å². The van der Waals surface area contributed by atoms with Gasteiger partial charge < -0.3 is 9.80 Å². The first-order chi connectivity index (χ1) is 6.96. The van der Waals surface area contributed by atoms with E-state index in [0.29, 0.717) is 11.9 Å². The Morgan fingerprint density at radius 1 is 1.60 bits per heavy atom. The van der Waals surface area contributed by atoms with Crippen LogP contribution in [0.4, 0.5) is 0 Å². The fourth-order valence-corrected chi connectivity index (χ4v) is 2.16. The van der Waals surface area contributed by atoms with Gasteiger partial charge in [0.1, 0.15) is 0 Å². The summed E-state index contributed by atoms with van der Waals surface area (Å²) in [6.07, 6.45) is 2.23. The first-order valence-corrected chi connectivity index (χ1v) is 5.71. The summed E-state index contributed by atoms with van der Waals surface area (Å²) < 4.78 is 0. The van der Waals surface area contributed by atoms with E-state index in [1.165, 1.54) is 0 Å². The van der Waals surface area contributed by atoms with Crippen LogP contribution >= 0.6 is 0 Å². The van der Waals surface area contributed by atoms with Crippen molar-refractivity contribution in [2.24, 2.45) is 0 Å². The molecule has 1 aliphatic heterocycles. The van der Waals surface area contributed by atoms with Crippen molar-refractivity contribution in [1.82, 2.24) is 15.1 Å². The van der Waals surface area contributed by atoms with Crippen molar-refractivity contribution in [1.29, 1.82) is 0 Å². The molecule has 0 aromatic carbocycles. The molecule has 15 heavy (non-hydrogen) atoms. The third kappa shape index (κ3) is 1.76. The average Bonchev–Trinajstić information content (AvgIpc) is 2.88. The van der Waals surface area contributed by atoms with Gasteiger partial charge in [0, 0.05) is 12.6 Å². The van der Waals surface area contributed by atoms with Crippen molar-refractivity contribution in [2.45, 2.75) is 44.4 Å². The Morgan fingerprint density at radius 2 is 2.20 bits per heavy atom. The van der Waals surface area contributed by atoms with Gasteiger partial charge in [-0.25, -0.2) is 0 Å². The number of carbonyl (C=O) groups excluding carboxylic acids is 1. The van der Waals surface area contributed by atoms with E-state index in [4.69, 9.17) is 0 Å². The van der Waals surface area contributed by atoms with Gasteiger partial charge in [-0.3, -0.25) is 10.1 Å². The lowest BCUT2D eigenvalue weighted by atomic mass is 10.2. The molecule has 0 aromatic rings. The van der Waals surface area contributed by atoms with Gasteiger partial charge in [-0.15, -0.1) is 0 Å². The maximum absolute atomic E-state index is 12.1. The minimum atomic E-state index is -0.161. The van der Waals surface area contributed by atoms with Crippen LogP contribution in [0.1, 0.15) is 26.7 Å². The topological polar surface area (TPSA) is 35.6 Å².